The van der Waals surface area contributed by atoms with E-state index in [4.69, 9.17) is 5.73 Å². The van der Waals surface area contributed by atoms with Crippen LogP contribution < -0.4 is 5.73 Å². The SMILES string of the molecule is Cc1c(C)n(CCCCN(C)C(C)C)c2ncnc(N)c12. The zero-order valence-electron chi connectivity index (χ0n) is 13.8. The van der Waals surface area contributed by atoms with E-state index >= 15 is 0 Å². The number of nitrogens with two attached hydrogens (primary N) is 1. The van der Waals surface area contributed by atoms with Gasteiger partial charge < -0.3 is 15.2 Å². The van der Waals surface area contributed by atoms with Gasteiger partial charge in [0.2, 0.25) is 0 Å². The molecule has 2 rings (SSSR count). The summed E-state index contributed by atoms with van der Waals surface area (Å²) < 4.78 is 2.28. The van der Waals surface area contributed by atoms with E-state index in [0.29, 0.717) is 11.9 Å². The Morgan fingerprint density at radius 3 is 2.62 bits per heavy atom. The van der Waals surface area contributed by atoms with Crippen LogP contribution in [0.25, 0.3) is 11.0 Å². The molecular weight excluding hydrogens is 262 g/mol. The first kappa shape index (κ1) is 15.8. The van der Waals surface area contributed by atoms with Gasteiger partial charge in [-0.1, -0.05) is 0 Å². The Labute approximate surface area is 127 Å². The van der Waals surface area contributed by atoms with Crippen LogP contribution >= 0.6 is 0 Å². The lowest BCUT2D eigenvalue weighted by Crippen LogP contribution is -2.27. The van der Waals surface area contributed by atoms with Crippen molar-refractivity contribution in [2.45, 2.75) is 53.1 Å². The number of hydrogen-bond donors (Lipinski definition) is 1. The Hall–Kier alpha value is -1.62. The van der Waals surface area contributed by atoms with Crippen molar-refractivity contribution in [2.75, 3.05) is 19.3 Å². The Kier molecular flexibility index (Phi) is 4.83. The first-order valence-electron chi connectivity index (χ1n) is 7.69. The van der Waals surface area contributed by atoms with Gasteiger partial charge in [0.15, 0.2) is 0 Å². The third kappa shape index (κ3) is 3.18. The molecule has 0 saturated carbocycles. The minimum atomic E-state index is 0.582. The number of aryl methyl sites for hydroxylation is 2. The zero-order chi connectivity index (χ0) is 15.6. The van der Waals surface area contributed by atoms with Crippen molar-refractivity contribution in [3.8, 4) is 0 Å². The third-order valence-electron chi connectivity index (χ3n) is 4.46. The smallest absolute Gasteiger partial charge is 0.145 e. The van der Waals surface area contributed by atoms with E-state index < -0.39 is 0 Å². The molecule has 0 bridgehead atoms. The summed E-state index contributed by atoms with van der Waals surface area (Å²) in [6.45, 7) is 10.8. The van der Waals surface area contributed by atoms with Crippen LogP contribution in [0.2, 0.25) is 0 Å². The molecule has 0 unspecified atom stereocenters. The Bertz CT molecular complexity index is 615. The second-order valence-electron chi connectivity index (χ2n) is 6.10. The minimum Gasteiger partial charge on any atom is -0.383 e. The normalized spacial score (nSPS) is 12.0. The largest absolute Gasteiger partial charge is 0.383 e. The molecule has 2 aromatic rings. The highest BCUT2D eigenvalue weighted by atomic mass is 15.1. The lowest BCUT2D eigenvalue weighted by molar-refractivity contribution is 0.266. The Morgan fingerprint density at radius 2 is 1.95 bits per heavy atom. The summed E-state index contributed by atoms with van der Waals surface area (Å²) in [5.74, 6) is 0.582. The van der Waals surface area contributed by atoms with Crippen LogP contribution in [0.15, 0.2) is 6.33 Å². The number of rotatable bonds is 6. The van der Waals surface area contributed by atoms with E-state index in [1.807, 2.05) is 0 Å². The molecule has 0 aliphatic heterocycles. The number of fused-ring (bicyclic) bond motifs is 1. The first-order valence-corrected chi connectivity index (χ1v) is 7.69. The van der Waals surface area contributed by atoms with Crippen LogP contribution in [0.5, 0.6) is 0 Å². The van der Waals surface area contributed by atoms with Crippen molar-refractivity contribution in [1.82, 2.24) is 19.4 Å². The van der Waals surface area contributed by atoms with Gasteiger partial charge in [0.25, 0.3) is 0 Å². The van der Waals surface area contributed by atoms with Crippen LogP contribution in [0.1, 0.15) is 37.9 Å². The van der Waals surface area contributed by atoms with Crippen LogP contribution in [0.3, 0.4) is 0 Å². The Morgan fingerprint density at radius 1 is 1.24 bits per heavy atom. The first-order chi connectivity index (χ1) is 9.93. The second-order valence-corrected chi connectivity index (χ2v) is 6.10. The fraction of sp³-hybridized carbons (Fsp3) is 0.625. The fourth-order valence-corrected chi connectivity index (χ4v) is 2.66. The van der Waals surface area contributed by atoms with Gasteiger partial charge in [0.1, 0.15) is 17.8 Å². The van der Waals surface area contributed by atoms with Crippen molar-refractivity contribution >= 4 is 16.9 Å². The summed E-state index contributed by atoms with van der Waals surface area (Å²) in [5, 5.41) is 1.01. The number of aromatic nitrogens is 3. The maximum absolute atomic E-state index is 6.00. The molecule has 0 aliphatic carbocycles. The predicted molar refractivity (Wildman–Crippen MR) is 88.4 cm³/mol. The molecule has 0 fully saturated rings. The minimum absolute atomic E-state index is 0.582. The predicted octanol–water partition coefficient (Wildman–Crippen LogP) is 2.75. The van der Waals surface area contributed by atoms with Gasteiger partial charge >= 0.3 is 0 Å². The highest BCUT2D eigenvalue weighted by Gasteiger charge is 2.14. The van der Waals surface area contributed by atoms with Gasteiger partial charge in [-0.2, -0.15) is 0 Å². The molecule has 116 valence electrons. The number of unbranched alkanes of at least 4 members (excludes halogenated alkanes) is 1. The van der Waals surface area contributed by atoms with Gasteiger partial charge in [-0.25, -0.2) is 9.97 Å². The van der Waals surface area contributed by atoms with Crippen LogP contribution in [-0.4, -0.2) is 39.1 Å². The van der Waals surface area contributed by atoms with Gasteiger partial charge in [-0.3, -0.25) is 0 Å². The van der Waals surface area contributed by atoms with Crippen molar-refractivity contribution in [3.05, 3.63) is 17.6 Å². The van der Waals surface area contributed by atoms with Crippen molar-refractivity contribution < 1.29 is 0 Å². The fourth-order valence-electron chi connectivity index (χ4n) is 2.66. The standard InChI is InChI=1S/C16H27N5/c1-11(2)20(5)8-6-7-9-21-13(4)12(3)14-15(17)18-10-19-16(14)21/h10-11H,6-9H2,1-5H3,(H2,17,18,19). The summed E-state index contributed by atoms with van der Waals surface area (Å²) >= 11 is 0. The maximum Gasteiger partial charge on any atom is 0.145 e. The van der Waals surface area contributed by atoms with Crippen molar-refractivity contribution in [1.29, 1.82) is 0 Å². The molecular formula is C16H27N5. The summed E-state index contributed by atoms with van der Waals surface area (Å²) in [6.07, 6.45) is 3.89. The van der Waals surface area contributed by atoms with E-state index in [2.05, 4.69) is 54.2 Å². The molecule has 0 spiro atoms. The molecule has 0 radical (unpaired) electrons. The van der Waals surface area contributed by atoms with Gasteiger partial charge in [0.05, 0.1) is 5.39 Å². The molecule has 0 amide bonds. The summed E-state index contributed by atoms with van der Waals surface area (Å²) in [5.41, 5.74) is 9.40. The number of anilines is 1. The van der Waals surface area contributed by atoms with E-state index in [0.717, 1.165) is 30.5 Å². The molecule has 0 atom stereocenters. The lowest BCUT2D eigenvalue weighted by atomic mass is 10.2. The van der Waals surface area contributed by atoms with Crippen molar-refractivity contribution in [2.24, 2.45) is 0 Å². The molecule has 2 N–H and O–H groups in total. The van der Waals surface area contributed by atoms with Gasteiger partial charge in [-0.05, 0) is 59.7 Å². The number of nitrogens with zero attached hydrogens (tertiary/aromatic N) is 4. The topological polar surface area (TPSA) is 60.0 Å². The molecule has 2 heterocycles. The molecule has 0 aliphatic rings. The van der Waals surface area contributed by atoms with E-state index in [9.17, 15) is 0 Å². The van der Waals surface area contributed by atoms with Gasteiger partial charge in [0, 0.05) is 18.3 Å². The maximum atomic E-state index is 6.00. The molecule has 5 nitrogen and oxygen atoms in total. The monoisotopic (exact) mass is 289 g/mol. The van der Waals surface area contributed by atoms with Crippen LogP contribution in [-0.2, 0) is 6.54 Å². The molecule has 0 aromatic carbocycles. The molecule has 21 heavy (non-hydrogen) atoms. The number of nitrogen functional groups attached to an aromatic ring is 1. The van der Waals surface area contributed by atoms with Crippen LogP contribution in [0, 0.1) is 13.8 Å². The lowest BCUT2D eigenvalue weighted by Gasteiger charge is -2.20. The molecule has 5 heteroatoms. The summed E-state index contributed by atoms with van der Waals surface area (Å²) in [7, 11) is 2.18. The molecule has 2 aromatic heterocycles. The highest BCUT2D eigenvalue weighted by Crippen LogP contribution is 2.27. The second kappa shape index (κ2) is 6.43. The molecule has 0 saturated heterocycles. The number of hydrogen-bond acceptors (Lipinski definition) is 4. The summed E-state index contributed by atoms with van der Waals surface area (Å²) in [4.78, 5) is 10.9. The van der Waals surface area contributed by atoms with Gasteiger partial charge in [-0.15, -0.1) is 0 Å². The average molecular weight is 289 g/mol. The van der Waals surface area contributed by atoms with E-state index in [1.165, 1.54) is 17.7 Å². The quantitative estimate of drug-likeness (QED) is 0.831. The summed E-state index contributed by atoms with van der Waals surface area (Å²) in [6, 6.07) is 0.605. The highest BCUT2D eigenvalue weighted by molar-refractivity contribution is 5.90. The van der Waals surface area contributed by atoms with E-state index in [-0.39, 0.29) is 0 Å². The zero-order valence-corrected chi connectivity index (χ0v) is 13.8. The van der Waals surface area contributed by atoms with Crippen molar-refractivity contribution in [3.63, 3.8) is 0 Å². The van der Waals surface area contributed by atoms with E-state index in [1.54, 1.807) is 6.33 Å². The van der Waals surface area contributed by atoms with Crippen LogP contribution in [0.4, 0.5) is 5.82 Å². The Balaban J connectivity index is 2.09. The average Bonchev–Trinajstić information content (AvgIpc) is 2.68. The third-order valence-corrected chi connectivity index (χ3v) is 4.46.